The van der Waals surface area contributed by atoms with E-state index >= 15 is 0 Å². The fourth-order valence-electron chi connectivity index (χ4n) is 3.24. The zero-order chi connectivity index (χ0) is 20.8. The lowest BCUT2D eigenvalue weighted by Crippen LogP contribution is -2.42. The molecule has 0 saturated carbocycles. The van der Waals surface area contributed by atoms with Crippen LogP contribution >= 0.6 is 0 Å². The van der Waals surface area contributed by atoms with Crippen molar-refractivity contribution in [1.82, 2.24) is 15.0 Å². The molecule has 2 heterocycles. The van der Waals surface area contributed by atoms with Gasteiger partial charge in [0.05, 0.1) is 4.92 Å². The number of aryl methyl sites for hydroxylation is 1. The molecule has 29 heavy (non-hydrogen) atoms. The standard InChI is InChI=1S/C19H23N5O5/c1-14-11-17(21-29-14)20-18(25)13-23(10-9-22-7-2-3-8-22)19(26)15-5-4-6-16(12-15)24(27)28/h4-6,11-12H,2-3,7-10,13H2,1H3,(H,20,21,25). The minimum Gasteiger partial charge on any atom is -0.360 e. The van der Waals surface area contributed by atoms with Gasteiger partial charge in [-0.3, -0.25) is 19.7 Å². The number of benzene rings is 1. The van der Waals surface area contributed by atoms with Gasteiger partial charge in [-0.05, 0) is 38.9 Å². The van der Waals surface area contributed by atoms with Crippen LogP contribution in [0.15, 0.2) is 34.9 Å². The molecule has 0 atom stereocenters. The Bertz CT molecular complexity index is 891. The quantitative estimate of drug-likeness (QED) is 0.531. The molecular formula is C19H23N5O5. The lowest BCUT2D eigenvalue weighted by Gasteiger charge is -2.25. The monoisotopic (exact) mass is 401 g/mol. The number of nitro benzene ring substituents is 1. The molecule has 1 N–H and O–H groups in total. The SMILES string of the molecule is Cc1cc(NC(=O)CN(CCN2CCCC2)C(=O)c2cccc([N+](=O)[O-])c2)no1. The molecule has 10 heteroatoms. The number of nitrogens with one attached hydrogen (secondary N) is 1. The highest BCUT2D eigenvalue weighted by Crippen LogP contribution is 2.16. The van der Waals surface area contributed by atoms with E-state index in [-0.39, 0.29) is 23.6 Å². The first-order chi connectivity index (χ1) is 13.9. The van der Waals surface area contributed by atoms with Crippen LogP contribution in [0, 0.1) is 17.0 Å². The van der Waals surface area contributed by atoms with Gasteiger partial charge in [0, 0.05) is 36.9 Å². The molecule has 0 unspecified atom stereocenters. The van der Waals surface area contributed by atoms with Crippen molar-refractivity contribution in [3.05, 3.63) is 51.8 Å². The van der Waals surface area contributed by atoms with Crippen LogP contribution in [0.1, 0.15) is 29.0 Å². The first-order valence-electron chi connectivity index (χ1n) is 9.41. The Labute approximate surface area is 167 Å². The Kier molecular flexibility index (Phi) is 6.55. The molecule has 0 spiro atoms. The zero-order valence-corrected chi connectivity index (χ0v) is 16.2. The molecule has 0 bridgehead atoms. The molecule has 1 aromatic carbocycles. The first kappa shape index (κ1) is 20.5. The fraction of sp³-hybridized carbons (Fsp3) is 0.421. The molecule has 154 valence electrons. The number of hydrogen-bond acceptors (Lipinski definition) is 7. The Balaban J connectivity index is 1.72. The Hall–Kier alpha value is -3.27. The smallest absolute Gasteiger partial charge is 0.270 e. The van der Waals surface area contributed by atoms with Gasteiger partial charge < -0.3 is 19.6 Å². The van der Waals surface area contributed by atoms with Crippen LogP contribution in [0.5, 0.6) is 0 Å². The van der Waals surface area contributed by atoms with Gasteiger partial charge in [0.15, 0.2) is 5.82 Å². The van der Waals surface area contributed by atoms with E-state index in [2.05, 4.69) is 15.4 Å². The third kappa shape index (κ3) is 5.61. The molecule has 1 aromatic heterocycles. The maximum atomic E-state index is 13.0. The van der Waals surface area contributed by atoms with Crippen LogP contribution < -0.4 is 5.32 Å². The van der Waals surface area contributed by atoms with Crippen LogP contribution in [-0.2, 0) is 4.79 Å². The summed E-state index contributed by atoms with van der Waals surface area (Å²) in [4.78, 5) is 39.5. The van der Waals surface area contributed by atoms with E-state index in [1.807, 2.05) is 0 Å². The van der Waals surface area contributed by atoms with Gasteiger partial charge in [-0.1, -0.05) is 11.2 Å². The van der Waals surface area contributed by atoms with Crippen molar-refractivity contribution in [3.8, 4) is 0 Å². The summed E-state index contributed by atoms with van der Waals surface area (Å²) in [5, 5.41) is 17.3. The van der Waals surface area contributed by atoms with Crippen molar-refractivity contribution in [2.24, 2.45) is 0 Å². The summed E-state index contributed by atoms with van der Waals surface area (Å²) in [6.45, 7) is 4.41. The van der Waals surface area contributed by atoms with Crippen LogP contribution in [-0.4, -0.2) is 64.4 Å². The number of non-ortho nitro benzene ring substituents is 1. The molecule has 1 aliphatic rings. The third-order valence-corrected chi connectivity index (χ3v) is 4.71. The van der Waals surface area contributed by atoms with Crippen molar-refractivity contribution in [1.29, 1.82) is 0 Å². The van der Waals surface area contributed by atoms with E-state index in [9.17, 15) is 19.7 Å². The number of nitro groups is 1. The van der Waals surface area contributed by atoms with Crippen LogP contribution in [0.3, 0.4) is 0 Å². The fourth-order valence-corrected chi connectivity index (χ4v) is 3.24. The van der Waals surface area contributed by atoms with Gasteiger partial charge in [-0.15, -0.1) is 0 Å². The number of rotatable bonds is 8. The zero-order valence-electron chi connectivity index (χ0n) is 16.2. The predicted molar refractivity (Wildman–Crippen MR) is 105 cm³/mol. The van der Waals surface area contributed by atoms with E-state index in [4.69, 9.17) is 4.52 Å². The van der Waals surface area contributed by atoms with Gasteiger partial charge >= 0.3 is 0 Å². The van der Waals surface area contributed by atoms with Crippen molar-refractivity contribution in [3.63, 3.8) is 0 Å². The second-order valence-corrected chi connectivity index (χ2v) is 6.95. The number of carbonyl (C=O) groups excluding carboxylic acids is 2. The number of aromatic nitrogens is 1. The lowest BCUT2D eigenvalue weighted by atomic mass is 10.1. The summed E-state index contributed by atoms with van der Waals surface area (Å²) >= 11 is 0. The van der Waals surface area contributed by atoms with Crippen molar-refractivity contribution in [2.45, 2.75) is 19.8 Å². The number of amides is 2. The summed E-state index contributed by atoms with van der Waals surface area (Å²) < 4.78 is 4.92. The number of anilines is 1. The summed E-state index contributed by atoms with van der Waals surface area (Å²) in [6, 6.07) is 7.10. The highest BCUT2D eigenvalue weighted by Gasteiger charge is 2.22. The minimum absolute atomic E-state index is 0.169. The Morgan fingerprint density at radius 3 is 2.72 bits per heavy atom. The molecule has 1 aliphatic heterocycles. The average Bonchev–Trinajstić information content (AvgIpc) is 3.36. The molecule has 2 amide bonds. The number of carbonyl (C=O) groups is 2. The summed E-state index contributed by atoms with van der Waals surface area (Å²) in [5.74, 6) is -0.0217. The molecule has 3 rings (SSSR count). The summed E-state index contributed by atoms with van der Waals surface area (Å²) in [7, 11) is 0. The Morgan fingerprint density at radius 1 is 1.31 bits per heavy atom. The number of nitrogens with zero attached hydrogens (tertiary/aromatic N) is 4. The van der Waals surface area contributed by atoms with E-state index in [0.29, 0.717) is 18.8 Å². The second kappa shape index (κ2) is 9.28. The molecule has 1 fully saturated rings. The highest BCUT2D eigenvalue weighted by molar-refractivity contribution is 5.99. The third-order valence-electron chi connectivity index (χ3n) is 4.71. The van der Waals surface area contributed by atoms with E-state index < -0.39 is 16.7 Å². The maximum absolute atomic E-state index is 13.0. The molecule has 0 aliphatic carbocycles. The summed E-state index contributed by atoms with van der Waals surface area (Å²) in [6.07, 6.45) is 2.23. The lowest BCUT2D eigenvalue weighted by molar-refractivity contribution is -0.384. The molecule has 2 aromatic rings. The van der Waals surface area contributed by atoms with Crippen molar-refractivity contribution < 1.29 is 19.0 Å². The predicted octanol–water partition coefficient (Wildman–Crippen LogP) is 2.07. The summed E-state index contributed by atoms with van der Waals surface area (Å²) in [5.41, 5.74) is 0.00330. The Morgan fingerprint density at radius 2 is 2.07 bits per heavy atom. The topological polar surface area (TPSA) is 122 Å². The van der Waals surface area contributed by atoms with Crippen molar-refractivity contribution in [2.75, 3.05) is 38.0 Å². The van der Waals surface area contributed by atoms with E-state index in [0.717, 1.165) is 25.9 Å². The van der Waals surface area contributed by atoms with Crippen molar-refractivity contribution >= 4 is 23.3 Å². The highest BCUT2D eigenvalue weighted by atomic mass is 16.6. The average molecular weight is 401 g/mol. The number of likely N-dealkylation sites (tertiary alicyclic amines) is 1. The molecule has 10 nitrogen and oxygen atoms in total. The van der Waals surface area contributed by atoms with Gasteiger partial charge in [0.2, 0.25) is 5.91 Å². The van der Waals surface area contributed by atoms with Crippen LogP contribution in [0.4, 0.5) is 11.5 Å². The van der Waals surface area contributed by atoms with Gasteiger partial charge in [0.1, 0.15) is 12.3 Å². The van der Waals surface area contributed by atoms with Gasteiger partial charge in [0.25, 0.3) is 11.6 Å². The second-order valence-electron chi connectivity index (χ2n) is 6.95. The largest absolute Gasteiger partial charge is 0.360 e. The molecule has 0 radical (unpaired) electrons. The first-order valence-corrected chi connectivity index (χ1v) is 9.41. The van der Waals surface area contributed by atoms with Crippen LogP contribution in [0.2, 0.25) is 0 Å². The maximum Gasteiger partial charge on any atom is 0.270 e. The van der Waals surface area contributed by atoms with E-state index in [1.54, 1.807) is 13.0 Å². The van der Waals surface area contributed by atoms with Gasteiger partial charge in [-0.2, -0.15) is 0 Å². The van der Waals surface area contributed by atoms with Gasteiger partial charge in [-0.25, -0.2) is 0 Å². The number of hydrogen-bond donors (Lipinski definition) is 1. The van der Waals surface area contributed by atoms with Crippen LogP contribution in [0.25, 0.3) is 0 Å². The molecule has 1 saturated heterocycles. The van der Waals surface area contributed by atoms with E-state index in [1.165, 1.54) is 29.2 Å². The minimum atomic E-state index is -0.551. The molecular weight excluding hydrogens is 378 g/mol. The normalized spacial score (nSPS) is 14.0.